The molecule has 0 aliphatic rings. The first kappa shape index (κ1) is 9.67. The first-order valence-electron chi connectivity index (χ1n) is 5.18. The predicted octanol–water partition coefficient (Wildman–Crippen LogP) is 3.69. The summed E-state index contributed by atoms with van der Waals surface area (Å²) < 4.78 is 2.15. The molecule has 0 amide bonds. The van der Waals surface area contributed by atoms with Crippen LogP contribution in [-0.4, -0.2) is 9.55 Å². The molecule has 0 radical (unpaired) electrons. The van der Waals surface area contributed by atoms with E-state index in [1.54, 1.807) is 0 Å². The molecule has 2 nitrogen and oxygen atoms in total. The van der Waals surface area contributed by atoms with E-state index in [9.17, 15) is 0 Å². The Kier molecular flexibility index (Phi) is 1.95. The lowest BCUT2D eigenvalue weighted by Crippen LogP contribution is -1.86. The summed E-state index contributed by atoms with van der Waals surface area (Å²) >= 11 is 5.96. The highest BCUT2D eigenvalue weighted by atomic mass is 35.5. The summed E-state index contributed by atoms with van der Waals surface area (Å²) in [5.74, 6) is 0. The summed E-state index contributed by atoms with van der Waals surface area (Å²) in [6, 6.07) is 8.25. The van der Waals surface area contributed by atoms with Gasteiger partial charge in [-0.3, -0.25) is 0 Å². The topological polar surface area (TPSA) is 17.8 Å². The van der Waals surface area contributed by atoms with Crippen molar-refractivity contribution in [2.45, 2.75) is 6.92 Å². The molecule has 0 atom stereocenters. The fourth-order valence-corrected chi connectivity index (χ4v) is 2.46. The summed E-state index contributed by atoms with van der Waals surface area (Å²) in [5, 5.41) is 2.99. The monoisotopic (exact) mass is 230 g/mol. The van der Waals surface area contributed by atoms with Gasteiger partial charge in [0, 0.05) is 23.3 Å². The molecule has 0 unspecified atom stereocenters. The van der Waals surface area contributed by atoms with Crippen LogP contribution in [0.3, 0.4) is 0 Å². The zero-order valence-electron chi connectivity index (χ0n) is 9.16. The molecule has 0 spiro atoms. The molecule has 0 saturated heterocycles. The lowest BCUT2D eigenvalue weighted by molar-refractivity contribution is 1.01. The average Bonchev–Trinajstić information content (AvgIpc) is 2.54. The van der Waals surface area contributed by atoms with Crippen LogP contribution in [0.2, 0.25) is 5.15 Å². The largest absolute Gasteiger partial charge is 0.342 e. The van der Waals surface area contributed by atoms with Crippen molar-refractivity contribution < 1.29 is 0 Å². The molecule has 0 N–H and O–H groups in total. The molecule has 0 aliphatic heterocycles. The Hall–Kier alpha value is -1.54. The number of hydrogen-bond acceptors (Lipinski definition) is 1. The zero-order valence-corrected chi connectivity index (χ0v) is 9.92. The van der Waals surface area contributed by atoms with Crippen molar-refractivity contribution in [3.63, 3.8) is 0 Å². The van der Waals surface area contributed by atoms with E-state index in [1.165, 1.54) is 21.9 Å². The molecular formula is C13H11ClN2. The molecule has 0 fully saturated rings. The highest BCUT2D eigenvalue weighted by Crippen LogP contribution is 2.31. The first-order valence-corrected chi connectivity index (χ1v) is 5.55. The van der Waals surface area contributed by atoms with E-state index >= 15 is 0 Å². The molecule has 16 heavy (non-hydrogen) atoms. The number of fused-ring (bicyclic) bond motifs is 3. The Bertz CT molecular complexity index is 698. The van der Waals surface area contributed by atoms with Gasteiger partial charge in [-0.15, -0.1) is 0 Å². The van der Waals surface area contributed by atoms with Crippen LogP contribution in [0.1, 0.15) is 5.56 Å². The zero-order chi connectivity index (χ0) is 11.3. The maximum atomic E-state index is 5.96. The quantitative estimate of drug-likeness (QED) is 0.539. The van der Waals surface area contributed by atoms with Crippen LogP contribution in [0.25, 0.3) is 21.8 Å². The predicted molar refractivity (Wildman–Crippen MR) is 68.0 cm³/mol. The van der Waals surface area contributed by atoms with Crippen LogP contribution < -0.4 is 0 Å². The minimum absolute atomic E-state index is 0.545. The SMILES string of the molecule is Cc1cccc2c1c1cc(Cl)ncc1n2C. The van der Waals surface area contributed by atoms with E-state index in [0.717, 1.165) is 5.52 Å². The van der Waals surface area contributed by atoms with Crippen molar-refractivity contribution in [3.8, 4) is 0 Å². The van der Waals surface area contributed by atoms with Gasteiger partial charge < -0.3 is 4.57 Å². The summed E-state index contributed by atoms with van der Waals surface area (Å²) in [4.78, 5) is 4.14. The number of benzene rings is 1. The lowest BCUT2D eigenvalue weighted by atomic mass is 10.1. The number of nitrogens with zero attached hydrogens (tertiary/aromatic N) is 2. The van der Waals surface area contributed by atoms with Gasteiger partial charge >= 0.3 is 0 Å². The van der Waals surface area contributed by atoms with Gasteiger partial charge in [0.2, 0.25) is 0 Å². The molecule has 2 aromatic heterocycles. The Labute approximate surface area is 98.5 Å². The molecule has 0 aliphatic carbocycles. The van der Waals surface area contributed by atoms with Crippen LogP contribution in [0.15, 0.2) is 30.5 Å². The standard InChI is InChI=1S/C13H11ClN2/c1-8-4-3-5-10-13(8)9-6-12(14)15-7-11(9)16(10)2/h3-7H,1-2H3. The molecule has 0 bridgehead atoms. The summed E-state index contributed by atoms with van der Waals surface area (Å²) in [6.07, 6.45) is 1.83. The van der Waals surface area contributed by atoms with E-state index in [4.69, 9.17) is 11.6 Å². The molecule has 3 aromatic rings. The molecule has 1 aromatic carbocycles. The van der Waals surface area contributed by atoms with Crippen molar-refractivity contribution in [3.05, 3.63) is 41.2 Å². The van der Waals surface area contributed by atoms with Crippen molar-refractivity contribution in [1.82, 2.24) is 9.55 Å². The van der Waals surface area contributed by atoms with E-state index in [1.807, 2.05) is 12.3 Å². The van der Waals surface area contributed by atoms with Crippen LogP contribution in [0.5, 0.6) is 0 Å². The summed E-state index contributed by atoms with van der Waals surface area (Å²) in [7, 11) is 2.06. The van der Waals surface area contributed by atoms with Crippen LogP contribution in [0.4, 0.5) is 0 Å². The van der Waals surface area contributed by atoms with Crippen LogP contribution in [-0.2, 0) is 7.05 Å². The molecule has 2 heterocycles. The second kappa shape index (κ2) is 3.22. The maximum Gasteiger partial charge on any atom is 0.129 e. The Morgan fingerprint density at radius 2 is 2.06 bits per heavy atom. The van der Waals surface area contributed by atoms with E-state index < -0.39 is 0 Å². The molecule has 3 heteroatoms. The number of rotatable bonds is 0. The highest BCUT2D eigenvalue weighted by molar-refractivity contribution is 6.30. The minimum atomic E-state index is 0.545. The second-order valence-corrected chi connectivity index (χ2v) is 4.44. The fourth-order valence-electron chi connectivity index (χ4n) is 2.30. The number of pyridine rings is 1. The number of halogens is 1. The fraction of sp³-hybridized carbons (Fsp3) is 0.154. The molecule has 0 saturated carbocycles. The normalized spacial score (nSPS) is 11.4. The molecular weight excluding hydrogens is 220 g/mol. The summed E-state index contributed by atoms with van der Waals surface area (Å²) in [6.45, 7) is 2.12. The third-order valence-electron chi connectivity index (χ3n) is 3.09. The third-order valence-corrected chi connectivity index (χ3v) is 3.30. The van der Waals surface area contributed by atoms with Gasteiger partial charge in [-0.05, 0) is 24.6 Å². The Balaban J connectivity index is 2.66. The lowest BCUT2D eigenvalue weighted by Gasteiger charge is -1.97. The van der Waals surface area contributed by atoms with Crippen molar-refractivity contribution in [1.29, 1.82) is 0 Å². The number of hydrogen-bond donors (Lipinski definition) is 0. The van der Waals surface area contributed by atoms with Gasteiger partial charge in [-0.2, -0.15) is 0 Å². The number of aromatic nitrogens is 2. The first-order chi connectivity index (χ1) is 7.68. The Morgan fingerprint density at radius 3 is 2.88 bits per heavy atom. The van der Waals surface area contributed by atoms with Crippen molar-refractivity contribution in [2.75, 3.05) is 0 Å². The second-order valence-electron chi connectivity index (χ2n) is 4.05. The maximum absolute atomic E-state index is 5.96. The molecule has 3 rings (SSSR count). The average molecular weight is 231 g/mol. The van der Waals surface area contributed by atoms with E-state index in [0.29, 0.717) is 5.15 Å². The van der Waals surface area contributed by atoms with Crippen molar-refractivity contribution >= 4 is 33.4 Å². The van der Waals surface area contributed by atoms with E-state index in [2.05, 4.69) is 41.7 Å². The van der Waals surface area contributed by atoms with Gasteiger partial charge in [0.25, 0.3) is 0 Å². The Morgan fingerprint density at radius 1 is 1.25 bits per heavy atom. The van der Waals surface area contributed by atoms with Gasteiger partial charge in [-0.1, -0.05) is 23.7 Å². The smallest absolute Gasteiger partial charge is 0.129 e. The van der Waals surface area contributed by atoms with Gasteiger partial charge in [-0.25, -0.2) is 4.98 Å². The van der Waals surface area contributed by atoms with Gasteiger partial charge in [0.1, 0.15) is 5.15 Å². The molecule has 80 valence electrons. The van der Waals surface area contributed by atoms with Gasteiger partial charge in [0.05, 0.1) is 11.7 Å². The third kappa shape index (κ3) is 1.17. The van der Waals surface area contributed by atoms with E-state index in [-0.39, 0.29) is 0 Å². The van der Waals surface area contributed by atoms with Crippen LogP contribution in [0, 0.1) is 6.92 Å². The van der Waals surface area contributed by atoms with Crippen molar-refractivity contribution in [2.24, 2.45) is 7.05 Å². The highest BCUT2D eigenvalue weighted by Gasteiger charge is 2.10. The van der Waals surface area contributed by atoms with Gasteiger partial charge in [0.15, 0.2) is 0 Å². The van der Waals surface area contributed by atoms with Crippen LogP contribution >= 0.6 is 11.6 Å². The summed E-state index contributed by atoms with van der Waals surface area (Å²) in [5.41, 5.74) is 3.61. The minimum Gasteiger partial charge on any atom is -0.342 e. The number of aryl methyl sites for hydroxylation is 2.